The molecule has 1 amide bonds. The van der Waals surface area contributed by atoms with Gasteiger partial charge in [0.2, 0.25) is 5.75 Å². The summed E-state index contributed by atoms with van der Waals surface area (Å²) in [6.45, 7) is 9.27. The van der Waals surface area contributed by atoms with Gasteiger partial charge in [-0.05, 0) is 58.2 Å². The van der Waals surface area contributed by atoms with E-state index >= 15 is 0 Å². The molecule has 1 aromatic carbocycles. The fraction of sp³-hybridized carbons (Fsp3) is 0.632. The molecule has 1 heterocycles. The SMILES string of the molecule is CCOc1cc(C(=O)N2CCCC(CN)C2)cc(OCC)c1OCC. The van der Waals surface area contributed by atoms with Crippen molar-refractivity contribution in [2.24, 2.45) is 11.7 Å². The van der Waals surface area contributed by atoms with Crippen LogP contribution in [-0.2, 0) is 0 Å². The Labute approximate surface area is 150 Å². The molecule has 6 nitrogen and oxygen atoms in total. The van der Waals surface area contributed by atoms with Crippen LogP contribution in [0.3, 0.4) is 0 Å². The van der Waals surface area contributed by atoms with E-state index in [1.54, 1.807) is 12.1 Å². The fourth-order valence-corrected chi connectivity index (χ4v) is 3.14. The summed E-state index contributed by atoms with van der Waals surface area (Å²) in [5, 5.41) is 0. The lowest BCUT2D eigenvalue weighted by atomic mass is 9.97. The first-order chi connectivity index (χ1) is 12.1. The summed E-state index contributed by atoms with van der Waals surface area (Å²) < 4.78 is 17.1. The van der Waals surface area contributed by atoms with Crippen molar-refractivity contribution in [3.63, 3.8) is 0 Å². The number of piperidine rings is 1. The summed E-state index contributed by atoms with van der Waals surface area (Å²) in [5.74, 6) is 2.01. The van der Waals surface area contributed by atoms with Gasteiger partial charge >= 0.3 is 0 Å². The van der Waals surface area contributed by atoms with Gasteiger partial charge < -0.3 is 24.8 Å². The second-order valence-corrected chi connectivity index (χ2v) is 6.10. The van der Waals surface area contributed by atoms with Gasteiger partial charge in [0.25, 0.3) is 5.91 Å². The summed E-state index contributed by atoms with van der Waals surface area (Å²) in [7, 11) is 0. The van der Waals surface area contributed by atoms with Gasteiger partial charge in [-0.3, -0.25) is 4.79 Å². The van der Waals surface area contributed by atoms with Crippen molar-refractivity contribution in [2.45, 2.75) is 33.6 Å². The number of hydrogen-bond donors (Lipinski definition) is 1. The highest BCUT2D eigenvalue weighted by molar-refractivity contribution is 5.95. The molecular formula is C19H30N2O4. The van der Waals surface area contributed by atoms with E-state index in [9.17, 15) is 4.79 Å². The molecule has 1 saturated heterocycles. The summed E-state index contributed by atoms with van der Waals surface area (Å²) in [6.07, 6.45) is 2.07. The maximum atomic E-state index is 13.0. The van der Waals surface area contributed by atoms with E-state index in [2.05, 4.69) is 0 Å². The molecular weight excluding hydrogens is 320 g/mol. The van der Waals surface area contributed by atoms with E-state index in [4.69, 9.17) is 19.9 Å². The van der Waals surface area contributed by atoms with E-state index in [1.165, 1.54) is 0 Å². The first-order valence-corrected chi connectivity index (χ1v) is 9.20. The maximum Gasteiger partial charge on any atom is 0.254 e. The predicted octanol–water partition coefficient (Wildman–Crippen LogP) is 2.69. The highest BCUT2D eigenvalue weighted by Gasteiger charge is 2.26. The fourth-order valence-electron chi connectivity index (χ4n) is 3.14. The van der Waals surface area contributed by atoms with Crippen molar-refractivity contribution in [3.8, 4) is 17.2 Å². The summed E-state index contributed by atoms with van der Waals surface area (Å²) in [6, 6.07) is 3.51. The molecule has 140 valence electrons. The van der Waals surface area contributed by atoms with Crippen LogP contribution in [0.25, 0.3) is 0 Å². The number of nitrogens with two attached hydrogens (primary N) is 1. The first-order valence-electron chi connectivity index (χ1n) is 9.20. The standard InChI is InChI=1S/C19H30N2O4/c1-4-23-16-10-15(11-17(24-5-2)18(16)25-6-3)19(22)21-9-7-8-14(12-20)13-21/h10-11,14H,4-9,12-13,20H2,1-3H3. The Morgan fingerprint density at radius 2 is 1.72 bits per heavy atom. The van der Waals surface area contributed by atoms with Crippen molar-refractivity contribution in [1.29, 1.82) is 0 Å². The molecule has 1 aromatic rings. The Morgan fingerprint density at radius 1 is 1.12 bits per heavy atom. The average Bonchev–Trinajstić information content (AvgIpc) is 2.64. The van der Waals surface area contributed by atoms with Crippen LogP contribution in [0, 0.1) is 5.92 Å². The molecule has 0 saturated carbocycles. The zero-order valence-corrected chi connectivity index (χ0v) is 15.5. The zero-order chi connectivity index (χ0) is 18.2. The molecule has 0 bridgehead atoms. The van der Waals surface area contributed by atoms with Crippen molar-refractivity contribution >= 4 is 5.91 Å². The molecule has 1 atom stereocenters. The topological polar surface area (TPSA) is 74.0 Å². The normalized spacial score (nSPS) is 17.3. The van der Waals surface area contributed by atoms with E-state index in [1.807, 2.05) is 25.7 Å². The molecule has 1 aliphatic rings. The maximum absolute atomic E-state index is 13.0. The number of carbonyl (C=O) groups excluding carboxylic acids is 1. The van der Waals surface area contributed by atoms with Gasteiger partial charge in [0.05, 0.1) is 19.8 Å². The van der Waals surface area contributed by atoms with Gasteiger partial charge in [0.15, 0.2) is 11.5 Å². The Kier molecular flexibility index (Phi) is 7.37. The van der Waals surface area contributed by atoms with Crippen molar-refractivity contribution in [1.82, 2.24) is 4.90 Å². The summed E-state index contributed by atoms with van der Waals surface area (Å²) >= 11 is 0. The van der Waals surface area contributed by atoms with Crippen LogP contribution in [0.2, 0.25) is 0 Å². The van der Waals surface area contributed by atoms with Gasteiger partial charge in [-0.1, -0.05) is 0 Å². The van der Waals surface area contributed by atoms with E-state index < -0.39 is 0 Å². The second-order valence-electron chi connectivity index (χ2n) is 6.10. The molecule has 0 aromatic heterocycles. The molecule has 1 fully saturated rings. The van der Waals surface area contributed by atoms with E-state index in [-0.39, 0.29) is 5.91 Å². The van der Waals surface area contributed by atoms with Crippen LogP contribution in [-0.4, -0.2) is 50.3 Å². The predicted molar refractivity (Wildman–Crippen MR) is 97.6 cm³/mol. The molecule has 0 aliphatic carbocycles. The Morgan fingerprint density at radius 3 is 2.24 bits per heavy atom. The molecule has 1 unspecified atom stereocenters. The summed E-state index contributed by atoms with van der Waals surface area (Å²) in [5.41, 5.74) is 6.35. The van der Waals surface area contributed by atoms with Gasteiger partial charge in [-0.25, -0.2) is 0 Å². The lowest BCUT2D eigenvalue weighted by Crippen LogP contribution is -2.42. The number of likely N-dealkylation sites (tertiary alicyclic amines) is 1. The minimum atomic E-state index is -0.0110. The monoisotopic (exact) mass is 350 g/mol. The zero-order valence-electron chi connectivity index (χ0n) is 15.5. The average molecular weight is 350 g/mol. The third kappa shape index (κ3) is 4.78. The first kappa shape index (κ1) is 19.4. The van der Waals surface area contributed by atoms with Crippen LogP contribution in [0.1, 0.15) is 44.0 Å². The van der Waals surface area contributed by atoms with Crippen molar-refractivity contribution in [3.05, 3.63) is 17.7 Å². The van der Waals surface area contributed by atoms with Crippen molar-refractivity contribution < 1.29 is 19.0 Å². The Hall–Kier alpha value is -1.95. The molecule has 1 aliphatic heterocycles. The highest BCUT2D eigenvalue weighted by atomic mass is 16.5. The Balaban J connectivity index is 2.33. The molecule has 25 heavy (non-hydrogen) atoms. The van der Waals surface area contributed by atoms with Crippen LogP contribution >= 0.6 is 0 Å². The minimum Gasteiger partial charge on any atom is -0.490 e. The van der Waals surface area contributed by atoms with Crippen LogP contribution in [0.5, 0.6) is 17.2 Å². The Bertz CT molecular complexity index is 550. The van der Waals surface area contributed by atoms with Gasteiger partial charge in [-0.15, -0.1) is 0 Å². The number of carbonyl (C=O) groups is 1. The number of nitrogens with zero attached hydrogens (tertiary/aromatic N) is 1. The largest absolute Gasteiger partial charge is 0.490 e. The lowest BCUT2D eigenvalue weighted by molar-refractivity contribution is 0.0677. The van der Waals surface area contributed by atoms with Crippen LogP contribution in [0.4, 0.5) is 0 Å². The molecule has 0 radical (unpaired) electrons. The van der Waals surface area contributed by atoms with Gasteiger partial charge in [0.1, 0.15) is 0 Å². The van der Waals surface area contributed by atoms with Crippen molar-refractivity contribution in [2.75, 3.05) is 39.5 Å². The summed E-state index contributed by atoms with van der Waals surface area (Å²) in [4.78, 5) is 14.9. The number of ether oxygens (including phenoxy) is 3. The van der Waals surface area contributed by atoms with E-state index in [0.717, 1.165) is 19.4 Å². The third-order valence-electron chi connectivity index (χ3n) is 4.30. The number of amides is 1. The number of benzene rings is 1. The third-order valence-corrected chi connectivity index (χ3v) is 4.30. The second kappa shape index (κ2) is 9.51. The molecule has 6 heteroatoms. The molecule has 2 rings (SSSR count). The molecule has 2 N–H and O–H groups in total. The molecule has 0 spiro atoms. The van der Waals surface area contributed by atoms with Gasteiger partial charge in [-0.2, -0.15) is 0 Å². The van der Waals surface area contributed by atoms with Gasteiger partial charge in [0, 0.05) is 18.7 Å². The quantitative estimate of drug-likeness (QED) is 0.780. The number of rotatable bonds is 8. The number of hydrogen-bond acceptors (Lipinski definition) is 5. The van der Waals surface area contributed by atoms with Crippen LogP contribution < -0.4 is 19.9 Å². The minimum absolute atomic E-state index is 0.0110. The smallest absolute Gasteiger partial charge is 0.254 e. The van der Waals surface area contributed by atoms with Crippen LogP contribution in [0.15, 0.2) is 12.1 Å². The van der Waals surface area contributed by atoms with E-state index in [0.29, 0.717) is 61.6 Å². The lowest BCUT2D eigenvalue weighted by Gasteiger charge is -2.32. The highest BCUT2D eigenvalue weighted by Crippen LogP contribution is 2.39.